The van der Waals surface area contributed by atoms with Crippen molar-refractivity contribution in [2.75, 3.05) is 24.2 Å². The number of hydrogen-bond acceptors (Lipinski definition) is 4. The zero-order valence-corrected chi connectivity index (χ0v) is 25.0. The molecule has 7 nitrogen and oxygen atoms in total. The van der Waals surface area contributed by atoms with Crippen LogP contribution in [0.25, 0.3) is 0 Å². The van der Waals surface area contributed by atoms with Crippen molar-refractivity contribution in [1.29, 1.82) is 0 Å². The molecule has 1 atom stereocenters. The molecule has 3 rings (SSSR count). The van der Waals surface area contributed by atoms with E-state index >= 15 is 0 Å². The van der Waals surface area contributed by atoms with Crippen molar-refractivity contribution in [3.05, 3.63) is 100 Å². The molecule has 3 aromatic carbocycles. The van der Waals surface area contributed by atoms with Crippen molar-refractivity contribution < 1.29 is 31.2 Å². The molecule has 0 aromatic heterocycles. The zero-order chi connectivity index (χ0) is 30.2. The van der Waals surface area contributed by atoms with Crippen molar-refractivity contribution in [3.63, 3.8) is 0 Å². The number of alkyl halides is 3. The van der Waals surface area contributed by atoms with E-state index in [1.165, 1.54) is 18.0 Å². The molecule has 41 heavy (non-hydrogen) atoms. The summed E-state index contributed by atoms with van der Waals surface area (Å²) in [5.74, 6) is -0.754. The number of anilines is 1. The van der Waals surface area contributed by atoms with Crippen molar-refractivity contribution in [3.8, 4) is 0 Å². The summed E-state index contributed by atoms with van der Waals surface area (Å²) in [7, 11) is -2.47. The predicted octanol–water partition coefficient (Wildman–Crippen LogP) is 5.40. The molecule has 2 amide bonds. The third-order valence-electron chi connectivity index (χ3n) is 6.40. The molecular formula is C29H31BrF3N3O4S. The molecule has 0 heterocycles. The lowest BCUT2D eigenvalue weighted by atomic mass is 10.0. The van der Waals surface area contributed by atoms with E-state index in [1.54, 1.807) is 0 Å². The van der Waals surface area contributed by atoms with Crippen molar-refractivity contribution in [2.24, 2.45) is 0 Å². The van der Waals surface area contributed by atoms with Crippen LogP contribution in [0.4, 0.5) is 18.9 Å². The van der Waals surface area contributed by atoms with Crippen LogP contribution in [0.3, 0.4) is 0 Å². The quantitative estimate of drug-likeness (QED) is 0.284. The van der Waals surface area contributed by atoms with E-state index in [9.17, 15) is 31.2 Å². The first kappa shape index (κ1) is 32.1. The van der Waals surface area contributed by atoms with E-state index in [0.29, 0.717) is 0 Å². The molecule has 3 aromatic rings. The Morgan fingerprint density at radius 2 is 1.61 bits per heavy atom. The summed E-state index contributed by atoms with van der Waals surface area (Å²) in [5.41, 5.74) is 0.510. The van der Waals surface area contributed by atoms with Gasteiger partial charge in [0.15, 0.2) is 0 Å². The maximum Gasteiger partial charge on any atom is 0.416 e. The molecule has 0 spiro atoms. The van der Waals surface area contributed by atoms with Crippen LogP contribution in [0.5, 0.6) is 0 Å². The summed E-state index contributed by atoms with van der Waals surface area (Å²) in [4.78, 5) is 28.1. The lowest BCUT2D eigenvalue weighted by Crippen LogP contribution is -2.49. The minimum Gasteiger partial charge on any atom is -0.357 e. The predicted molar refractivity (Wildman–Crippen MR) is 156 cm³/mol. The number of likely N-dealkylation sites (N-methyl/N-ethyl adjacent to an activating group) is 1. The second kappa shape index (κ2) is 14.0. The maximum atomic E-state index is 13.6. The van der Waals surface area contributed by atoms with Gasteiger partial charge in [-0.15, -0.1) is 0 Å². The second-order valence-electron chi connectivity index (χ2n) is 9.45. The smallest absolute Gasteiger partial charge is 0.357 e. The largest absolute Gasteiger partial charge is 0.416 e. The maximum absolute atomic E-state index is 13.6. The molecule has 0 radical (unpaired) electrons. The number of rotatable bonds is 12. The van der Waals surface area contributed by atoms with Gasteiger partial charge in [0.1, 0.15) is 6.04 Å². The number of nitrogens with one attached hydrogen (secondary N) is 1. The highest BCUT2D eigenvalue weighted by Crippen LogP contribution is 2.32. The van der Waals surface area contributed by atoms with Gasteiger partial charge in [-0.1, -0.05) is 64.5 Å². The van der Waals surface area contributed by atoms with Crippen LogP contribution in [-0.2, 0) is 38.8 Å². The first-order valence-electron chi connectivity index (χ1n) is 12.7. The van der Waals surface area contributed by atoms with Crippen LogP contribution < -0.4 is 9.62 Å². The van der Waals surface area contributed by atoms with E-state index in [1.807, 2.05) is 54.6 Å². The Hall–Kier alpha value is -3.38. The highest BCUT2D eigenvalue weighted by molar-refractivity contribution is 9.10. The first-order valence-corrected chi connectivity index (χ1v) is 15.4. The average molecular weight is 655 g/mol. The Morgan fingerprint density at radius 1 is 0.951 bits per heavy atom. The SMILES string of the molecule is CNC(=O)[C@@H](Cc1ccccc1)N(Cc1ccc(Br)cc1)C(=O)CCCN(c1cccc(C(F)(F)F)c1)S(C)(=O)=O. The van der Waals surface area contributed by atoms with Gasteiger partial charge in [-0.25, -0.2) is 8.42 Å². The Morgan fingerprint density at radius 3 is 2.20 bits per heavy atom. The number of carbonyl (C=O) groups is 2. The standard InChI is InChI=1S/C29H31BrF3N3O4S/c1-34-28(38)26(18-21-8-4-3-5-9-21)35(20-22-13-15-24(30)16-14-22)27(37)12-7-17-36(41(2,39)40)25-11-6-10-23(19-25)29(31,32)33/h3-6,8-11,13-16,19,26H,7,12,17-18,20H2,1-2H3,(H,34,38)/t26-/m1/s1. The Balaban J connectivity index is 1.85. The molecule has 0 saturated carbocycles. The fourth-order valence-corrected chi connectivity index (χ4v) is 5.57. The van der Waals surface area contributed by atoms with Gasteiger partial charge in [-0.3, -0.25) is 13.9 Å². The number of halogens is 4. The molecule has 220 valence electrons. The molecule has 0 aliphatic carbocycles. The highest BCUT2D eigenvalue weighted by atomic mass is 79.9. The van der Waals surface area contributed by atoms with Crippen LogP contribution >= 0.6 is 15.9 Å². The van der Waals surface area contributed by atoms with Gasteiger partial charge in [0.05, 0.1) is 17.5 Å². The van der Waals surface area contributed by atoms with Gasteiger partial charge in [-0.2, -0.15) is 13.2 Å². The summed E-state index contributed by atoms with van der Waals surface area (Å²) in [6.45, 7) is -0.0955. The number of sulfonamides is 1. The van der Waals surface area contributed by atoms with E-state index < -0.39 is 33.7 Å². The van der Waals surface area contributed by atoms with Crippen molar-refractivity contribution in [1.82, 2.24) is 10.2 Å². The Bertz CT molecular complexity index is 1440. The summed E-state index contributed by atoms with van der Waals surface area (Å²) in [6, 6.07) is 19.7. The van der Waals surface area contributed by atoms with Gasteiger partial charge in [0.2, 0.25) is 21.8 Å². The van der Waals surface area contributed by atoms with Crippen LogP contribution in [0.2, 0.25) is 0 Å². The number of hydrogen-bond donors (Lipinski definition) is 1. The Labute approximate surface area is 246 Å². The van der Waals surface area contributed by atoms with Crippen molar-refractivity contribution in [2.45, 2.75) is 38.0 Å². The van der Waals surface area contributed by atoms with Gasteiger partial charge in [0.25, 0.3) is 0 Å². The molecule has 0 aliphatic rings. The van der Waals surface area contributed by atoms with Gasteiger partial charge >= 0.3 is 6.18 Å². The molecule has 0 unspecified atom stereocenters. The van der Waals surface area contributed by atoms with Gasteiger partial charge in [0, 0.05) is 37.5 Å². The zero-order valence-electron chi connectivity index (χ0n) is 22.6. The third kappa shape index (κ3) is 9.32. The lowest BCUT2D eigenvalue weighted by Gasteiger charge is -2.31. The number of carbonyl (C=O) groups excluding carboxylic acids is 2. The molecule has 0 bridgehead atoms. The summed E-state index contributed by atoms with van der Waals surface area (Å²) < 4.78 is 66.5. The summed E-state index contributed by atoms with van der Waals surface area (Å²) in [6.07, 6.45) is -3.61. The third-order valence-corrected chi connectivity index (χ3v) is 8.12. The normalized spacial score (nSPS) is 12.4. The number of amides is 2. The fourth-order valence-electron chi connectivity index (χ4n) is 4.35. The highest BCUT2D eigenvalue weighted by Gasteiger charge is 2.32. The minimum absolute atomic E-state index is 0.0186. The van der Waals surface area contributed by atoms with E-state index in [4.69, 9.17) is 0 Å². The van der Waals surface area contributed by atoms with E-state index in [2.05, 4.69) is 21.2 Å². The average Bonchev–Trinajstić information content (AvgIpc) is 2.93. The van der Waals surface area contributed by atoms with Crippen LogP contribution in [0.15, 0.2) is 83.3 Å². The van der Waals surface area contributed by atoms with Gasteiger partial charge in [-0.05, 0) is 47.9 Å². The monoisotopic (exact) mass is 653 g/mol. The second-order valence-corrected chi connectivity index (χ2v) is 12.3. The molecule has 0 fully saturated rings. The molecule has 0 aliphatic heterocycles. The van der Waals surface area contributed by atoms with Crippen LogP contribution in [0.1, 0.15) is 29.5 Å². The van der Waals surface area contributed by atoms with Crippen molar-refractivity contribution >= 4 is 43.5 Å². The lowest BCUT2D eigenvalue weighted by molar-refractivity contribution is -0.141. The molecule has 0 saturated heterocycles. The fraction of sp³-hybridized carbons (Fsp3) is 0.310. The topological polar surface area (TPSA) is 86.8 Å². The van der Waals surface area contributed by atoms with Crippen LogP contribution in [-0.4, -0.2) is 51.0 Å². The van der Waals surface area contributed by atoms with E-state index in [0.717, 1.165) is 44.4 Å². The van der Waals surface area contributed by atoms with Gasteiger partial charge < -0.3 is 10.2 Å². The van der Waals surface area contributed by atoms with Crippen LogP contribution in [0, 0.1) is 0 Å². The molecule has 1 N–H and O–H groups in total. The molecule has 12 heteroatoms. The number of nitrogens with zero attached hydrogens (tertiary/aromatic N) is 2. The van der Waals surface area contributed by atoms with E-state index in [-0.39, 0.29) is 43.9 Å². The number of benzene rings is 3. The summed E-state index contributed by atoms with van der Waals surface area (Å²) in [5, 5.41) is 2.63. The minimum atomic E-state index is -4.64. The first-order chi connectivity index (χ1) is 19.3. The Kier molecular flexibility index (Phi) is 11.0. The molecular weight excluding hydrogens is 623 g/mol. The summed E-state index contributed by atoms with van der Waals surface area (Å²) >= 11 is 3.39.